The molecule has 0 N–H and O–H groups in total. The third kappa shape index (κ3) is 2.99. The molecule has 92 valence electrons. The Morgan fingerprint density at radius 1 is 1.29 bits per heavy atom. The molecule has 1 heterocycles. The molecule has 17 heavy (non-hydrogen) atoms. The van der Waals surface area contributed by atoms with Gasteiger partial charge in [-0.05, 0) is 12.5 Å². The van der Waals surface area contributed by atoms with Crippen LogP contribution in [0, 0.1) is 5.92 Å². The van der Waals surface area contributed by atoms with Gasteiger partial charge in [0.1, 0.15) is 11.6 Å². The Hall–Kier alpha value is -1.98. The molecule has 1 aromatic rings. The molecule has 0 aromatic carbocycles. The van der Waals surface area contributed by atoms with Gasteiger partial charge in [-0.15, -0.1) is 10.2 Å². The monoisotopic (exact) mass is 238 g/mol. The number of hydrogen-bond donors (Lipinski definition) is 0. The van der Waals surface area contributed by atoms with Gasteiger partial charge in [0.15, 0.2) is 5.78 Å². The molecule has 1 aromatic heterocycles. The number of carbonyl (C=O) groups is 2. The molecular formula is C11H14N2O4. The highest BCUT2D eigenvalue weighted by atomic mass is 16.5. The largest absolute Gasteiger partial charge is 0.480 e. The van der Waals surface area contributed by atoms with E-state index in [9.17, 15) is 9.59 Å². The Kier molecular flexibility index (Phi) is 4.56. The first-order valence-electron chi connectivity index (χ1n) is 5.13. The van der Waals surface area contributed by atoms with E-state index in [4.69, 9.17) is 4.74 Å². The van der Waals surface area contributed by atoms with Crippen LogP contribution in [-0.2, 0) is 9.53 Å². The number of ether oxygens (including phenoxy) is 2. The SMILES string of the molecule is CCC(C(=O)OC)C(=O)c1ccc(OC)nn1. The lowest BCUT2D eigenvalue weighted by atomic mass is 9.99. The number of ketones is 1. The molecule has 6 nitrogen and oxygen atoms in total. The van der Waals surface area contributed by atoms with Crippen molar-refractivity contribution in [2.75, 3.05) is 14.2 Å². The van der Waals surface area contributed by atoms with Crippen molar-refractivity contribution in [3.63, 3.8) is 0 Å². The molecule has 0 fully saturated rings. The normalized spacial score (nSPS) is 11.7. The number of rotatable bonds is 5. The van der Waals surface area contributed by atoms with Crippen LogP contribution in [0.4, 0.5) is 0 Å². The van der Waals surface area contributed by atoms with E-state index < -0.39 is 17.7 Å². The number of methoxy groups -OCH3 is 2. The minimum Gasteiger partial charge on any atom is -0.480 e. The van der Waals surface area contributed by atoms with Gasteiger partial charge in [0.05, 0.1) is 14.2 Å². The maximum Gasteiger partial charge on any atom is 0.316 e. The lowest BCUT2D eigenvalue weighted by Crippen LogP contribution is -2.25. The van der Waals surface area contributed by atoms with Crippen molar-refractivity contribution in [3.05, 3.63) is 17.8 Å². The third-order valence-electron chi connectivity index (χ3n) is 2.31. The van der Waals surface area contributed by atoms with Crippen molar-refractivity contribution in [1.82, 2.24) is 10.2 Å². The Labute approximate surface area is 98.9 Å². The van der Waals surface area contributed by atoms with E-state index in [1.54, 1.807) is 6.92 Å². The summed E-state index contributed by atoms with van der Waals surface area (Å²) < 4.78 is 9.39. The van der Waals surface area contributed by atoms with Crippen molar-refractivity contribution in [3.8, 4) is 5.88 Å². The second kappa shape index (κ2) is 5.93. The minimum absolute atomic E-state index is 0.128. The predicted molar refractivity (Wildman–Crippen MR) is 58.7 cm³/mol. The van der Waals surface area contributed by atoms with Crippen molar-refractivity contribution < 1.29 is 19.1 Å². The van der Waals surface area contributed by atoms with Gasteiger partial charge in [0, 0.05) is 6.07 Å². The molecule has 1 rings (SSSR count). The third-order valence-corrected chi connectivity index (χ3v) is 2.31. The summed E-state index contributed by atoms with van der Waals surface area (Å²) in [7, 11) is 2.70. The van der Waals surface area contributed by atoms with Gasteiger partial charge in [0.2, 0.25) is 5.88 Å². The average Bonchev–Trinajstić information content (AvgIpc) is 2.39. The Balaban J connectivity index is 2.90. The first kappa shape index (κ1) is 13.1. The van der Waals surface area contributed by atoms with E-state index in [1.807, 2.05) is 0 Å². The highest BCUT2D eigenvalue weighted by Crippen LogP contribution is 2.13. The van der Waals surface area contributed by atoms with E-state index in [-0.39, 0.29) is 5.69 Å². The van der Waals surface area contributed by atoms with E-state index in [2.05, 4.69) is 14.9 Å². The van der Waals surface area contributed by atoms with Gasteiger partial charge in [-0.25, -0.2) is 0 Å². The summed E-state index contributed by atoms with van der Waals surface area (Å²) in [6, 6.07) is 2.99. The zero-order valence-corrected chi connectivity index (χ0v) is 9.97. The topological polar surface area (TPSA) is 78.4 Å². The summed E-state index contributed by atoms with van der Waals surface area (Å²) in [5.74, 6) is -1.47. The van der Waals surface area contributed by atoms with Gasteiger partial charge < -0.3 is 9.47 Å². The van der Waals surface area contributed by atoms with E-state index in [1.165, 1.54) is 26.4 Å². The summed E-state index contributed by atoms with van der Waals surface area (Å²) in [5.41, 5.74) is 0.128. The number of hydrogen-bond acceptors (Lipinski definition) is 6. The van der Waals surface area contributed by atoms with Crippen LogP contribution in [0.1, 0.15) is 23.8 Å². The molecule has 6 heteroatoms. The average molecular weight is 238 g/mol. The van der Waals surface area contributed by atoms with Crippen LogP contribution in [0.5, 0.6) is 5.88 Å². The first-order valence-corrected chi connectivity index (χ1v) is 5.13. The number of esters is 1. The molecule has 0 aliphatic carbocycles. The Morgan fingerprint density at radius 2 is 2.00 bits per heavy atom. The predicted octanol–water partition coefficient (Wildman–Crippen LogP) is 0.867. The fraction of sp³-hybridized carbons (Fsp3) is 0.455. The number of nitrogens with zero attached hydrogens (tertiary/aromatic N) is 2. The summed E-state index contributed by atoms with van der Waals surface area (Å²) >= 11 is 0. The molecule has 0 spiro atoms. The Morgan fingerprint density at radius 3 is 2.41 bits per heavy atom. The van der Waals surface area contributed by atoms with Gasteiger partial charge >= 0.3 is 5.97 Å². The van der Waals surface area contributed by atoms with Gasteiger partial charge in [-0.2, -0.15) is 0 Å². The van der Waals surface area contributed by atoms with Crippen LogP contribution < -0.4 is 4.74 Å². The Bertz CT molecular complexity index is 402. The van der Waals surface area contributed by atoms with Crippen molar-refractivity contribution >= 4 is 11.8 Å². The molecule has 0 radical (unpaired) electrons. The first-order chi connectivity index (χ1) is 8.13. The summed E-state index contributed by atoms with van der Waals surface area (Å²) in [6.07, 6.45) is 0.360. The summed E-state index contributed by atoms with van der Waals surface area (Å²) in [4.78, 5) is 23.3. The molecule has 0 bridgehead atoms. The molecule has 0 saturated carbocycles. The fourth-order valence-corrected chi connectivity index (χ4v) is 1.34. The maximum atomic E-state index is 11.9. The fourth-order valence-electron chi connectivity index (χ4n) is 1.34. The van der Waals surface area contributed by atoms with Crippen molar-refractivity contribution in [2.24, 2.45) is 5.92 Å². The minimum atomic E-state index is -0.831. The van der Waals surface area contributed by atoms with Crippen molar-refractivity contribution in [2.45, 2.75) is 13.3 Å². The number of aromatic nitrogens is 2. The molecule has 1 unspecified atom stereocenters. The number of carbonyl (C=O) groups excluding carboxylic acids is 2. The molecular weight excluding hydrogens is 224 g/mol. The van der Waals surface area contributed by atoms with Crippen LogP contribution in [-0.4, -0.2) is 36.2 Å². The second-order valence-electron chi connectivity index (χ2n) is 3.31. The van der Waals surface area contributed by atoms with E-state index in [0.29, 0.717) is 12.3 Å². The molecule has 0 aliphatic rings. The molecule has 0 saturated heterocycles. The quantitative estimate of drug-likeness (QED) is 0.430. The van der Waals surface area contributed by atoms with Gasteiger partial charge in [-0.1, -0.05) is 6.92 Å². The molecule has 1 atom stereocenters. The summed E-state index contributed by atoms with van der Waals surface area (Å²) in [5, 5.41) is 7.38. The highest BCUT2D eigenvalue weighted by Gasteiger charge is 2.27. The van der Waals surface area contributed by atoms with E-state index >= 15 is 0 Å². The second-order valence-corrected chi connectivity index (χ2v) is 3.31. The maximum absolute atomic E-state index is 11.9. The van der Waals surface area contributed by atoms with Crippen LogP contribution in [0.25, 0.3) is 0 Å². The van der Waals surface area contributed by atoms with Gasteiger partial charge in [-0.3, -0.25) is 9.59 Å². The highest BCUT2D eigenvalue weighted by molar-refractivity contribution is 6.07. The molecule has 0 amide bonds. The molecule has 0 aliphatic heterocycles. The van der Waals surface area contributed by atoms with E-state index in [0.717, 1.165) is 0 Å². The lowest BCUT2D eigenvalue weighted by Gasteiger charge is -2.10. The van der Waals surface area contributed by atoms with Crippen LogP contribution in [0.2, 0.25) is 0 Å². The zero-order valence-electron chi connectivity index (χ0n) is 9.97. The standard InChI is InChI=1S/C11H14N2O4/c1-4-7(11(15)17-3)10(14)8-5-6-9(16-2)13-12-8/h5-7H,4H2,1-3H3. The van der Waals surface area contributed by atoms with Crippen LogP contribution >= 0.6 is 0 Å². The van der Waals surface area contributed by atoms with Gasteiger partial charge in [0.25, 0.3) is 0 Å². The van der Waals surface area contributed by atoms with Crippen LogP contribution in [0.3, 0.4) is 0 Å². The number of Topliss-reactive ketones (excluding diaryl/α,β-unsaturated/α-hetero) is 1. The summed E-state index contributed by atoms with van der Waals surface area (Å²) in [6.45, 7) is 1.73. The van der Waals surface area contributed by atoms with Crippen LogP contribution in [0.15, 0.2) is 12.1 Å². The zero-order chi connectivity index (χ0) is 12.8. The van der Waals surface area contributed by atoms with Crippen molar-refractivity contribution in [1.29, 1.82) is 0 Å². The lowest BCUT2D eigenvalue weighted by molar-refractivity contribution is -0.143. The smallest absolute Gasteiger partial charge is 0.316 e.